The van der Waals surface area contributed by atoms with Crippen molar-refractivity contribution in [3.8, 4) is 11.1 Å². The molecule has 0 radical (unpaired) electrons. The first-order valence-electron chi connectivity index (χ1n) is 10.9. The minimum Gasteiger partial charge on any atom is -0.342 e. The fraction of sp³-hybridized carbons (Fsp3) is 0.385. The van der Waals surface area contributed by atoms with E-state index < -0.39 is 0 Å². The van der Waals surface area contributed by atoms with Gasteiger partial charge in [0.15, 0.2) is 0 Å². The summed E-state index contributed by atoms with van der Waals surface area (Å²) in [5.74, 6) is 1.46. The van der Waals surface area contributed by atoms with Gasteiger partial charge in [-0.1, -0.05) is 30.3 Å². The first-order valence-corrected chi connectivity index (χ1v) is 10.9. The van der Waals surface area contributed by atoms with Crippen molar-refractivity contribution >= 4 is 16.8 Å². The molecule has 1 aliphatic heterocycles. The molecule has 1 saturated carbocycles. The van der Waals surface area contributed by atoms with Gasteiger partial charge in [-0.2, -0.15) is 0 Å². The Hall–Kier alpha value is -2.68. The average Bonchev–Trinajstić information content (AvgIpc) is 3.59. The third-order valence-electron chi connectivity index (χ3n) is 6.59. The molecule has 0 bridgehead atoms. The van der Waals surface area contributed by atoms with E-state index in [1.165, 1.54) is 27.6 Å². The molecular weight excluding hydrogens is 356 g/mol. The number of aromatic nitrogens is 1. The van der Waals surface area contributed by atoms with Crippen LogP contribution in [0.3, 0.4) is 0 Å². The van der Waals surface area contributed by atoms with E-state index in [9.17, 15) is 4.79 Å². The molecule has 1 saturated heterocycles. The largest absolute Gasteiger partial charge is 0.342 e. The summed E-state index contributed by atoms with van der Waals surface area (Å²) >= 11 is 0. The minimum atomic E-state index is 0.354. The Bertz CT molecular complexity index is 1030. The van der Waals surface area contributed by atoms with Gasteiger partial charge in [0.2, 0.25) is 5.91 Å². The van der Waals surface area contributed by atoms with Crippen LogP contribution in [0, 0.1) is 18.8 Å². The number of carbonyl (C=O) groups excluding carboxylic acids is 1. The van der Waals surface area contributed by atoms with E-state index in [0.29, 0.717) is 17.7 Å². The summed E-state index contributed by atoms with van der Waals surface area (Å²) in [6.45, 7) is 4.06. The maximum absolute atomic E-state index is 12.2. The van der Waals surface area contributed by atoms with Gasteiger partial charge >= 0.3 is 0 Å². The Labute approximate surface area is 172 Å². The molecule has 0 N–H and O–H groups in total. The Morgan fingerprint density at radius 1 is 1.03 bits per heavy atom. The number of benzene rings is 2. The number of carbonyl (C=O) groups is 1. The number of likely N-dealkylation sites (tertiary alicyclic amines) is 1. The van der Waals surface area contributed by atoms with Crippen LogP contribution in [0.15, 0.2) is 54.7 Å². The lowest BCUT2D eigenvalue weighted by Crippen LogP contribution is -2.39. The predicted molar refractivity (Wildman–Crippen MR) is 118 cm³/mol. The lowest BCUT2D eigenvalue weighted by molar-refractivity contribution is -0.133. The molecule has 5 rings (SSSR count). The van der Waals surface area contributed by atoms with Crippen LogP contribution < -0.4 is 0 Å². The first kappa shape index (κ1) is 18.4. The molecule has 2 aromatic carbocycles. The number of rotatable bonds is 4. The van der Waals surface area contributed by atoms with E-state index >= 15 is 0 Å². The lowest BCUT2D eigenvalue weighted by Gasteiger charge is -2.32. The number of fused-ring (bicyclic) bond motifs is 1. The van der Waals surface area contributed by atoms with E-state index in [0.717, 1.165) is 50.7 Å². The van der Waals surface area contributed by atoms with Crippen molar-refractivity contribution in [2.24, 2.45) is 11.8 Å². The third-order valence-corrected chi connectivity index (χ3v) is 6.59. The number of hydrogen-bond donors (Lipinski definition) is 0. The van der Waals surface area contributed by atoms with Crippen LogP contribution in [0.2, 0.25) is 0 Å². The normalized spacial score (nSPS) is 17.6. The van der Waals surface area contributed by atoms with Crippen LogP contribution in [0.5, 0.6) is 0 Å². The van der Waals surface area contributed by atoms with Gasteiger partial charge in [-0.3, -0.25) is 9.78 Å². The van der Waals surface area contributed by atoms with Crippen molar-refractivity contribution in [3.05, 3.63) is 65.9 Å². The summed E-state index contributed by atoms with van der Waals surface area (Å²) in [6.07, 6.45) is 7.46. The van der Waals surface area contributed by atoms with E-state index in [2.05, 4.69) is 59.3 Å². The fourth-order valence-electron chi connectivity index (χ4n) is 4.64. The molecule has 1 amide bonds. The molecule has 29 heavy (non-hydrogen) atoms. The maximum Gasteiger partial charge on any atom is 0.225 e. The topological polar surface area (TPSA) is 33.2 Å². The summed E-state index contributed by atoms with van der Waals surface area (Å²) < 4.78 is 0. The van der Waals surface area contributed by atoms with Crippen molar-refractivity contribution in [2.45, 2.75) is 39.0 Å². The molecule has 1 aliphatic carbocycles. The molecule has 2 fully saturated rings. The van der Waals surface area contributed by atoms with Crippen LogP contribution in [0.25, 0.3) is 22.0 Å². The second kappa shape index (κ2) is 7.62. The number of pyridine rings is 1. The highest BCUT2D eigenvalue weighted by Crippen LogP contribution is 2.33. The van der Waals surface area contributed by atoms with Crippen molar-refractivity contribution in [3.63, 3.8) is 0 Å². The van der Waals surface area contributed by atoms with E-state index in [-0.39, 0.29) is 0 Å². The van der Waals surface area contributed by atoms with Crippen molar-refractivity contribution < 1.29 is 4.79 Å². The Balaban J connectivity index is 1.25. The van der Waals surface area contributed by atoms with Crippen LogP contribution >= 0.6 is 0 Å². The fourth-order valence-corrected chi connectivity index (χ4v) is 4.64. The van der Waals surface area contributed by atoms with E-state index in [1.54, 1.807) is 0 Å². The molecule has 3 nitrogen and oxygen atoms in total. The number of amides is 1. The minimum absolute atomic E-state index is 0.354. The first-order chi connectivity index (χ1) is 14.2. The summed E-state index contributed by atoms with van der Waals surface area (Å²) in [6, 6.07) is 17.6. The summed E-state index contributed by atoms with van der Waals surface area (Å²) in [4.78, 5) is 18.8. The summed E-state index contributed by atoms with van der Waals surface area (Å²) in [7, 11) is 0. The molecule has 1 aromatic heterocycles. The predicted octanol–water partition coefficient (Wildman–Crippen LogP) is 5.40. The van der Waals surface area contributed by atoms with Crippen molar-refractivity contribution in [2.75, 3.05) is 13.1 Å². The quantitative estimate of drug-likeness (QED) is 0.603. The number of aryl methyl sites for hydroxylation is 1. The molecule has 2 aliphatic rings. The second-order valence-electron chi connectivity index (χ2n) is 8.81. The van der Waals surface area contributed by atoms with Crippen LogP contribution in [-0.4, -0.2) is 28.9 Å². The van der Waals surface area contributed by atoms with Gasteiger partial charge in [0, 0.05) is 30.6 Å². The smallest absolute Gasteiger partial charge is 0.225 e. The highest BCUT2D eigenvalue weighted by Gasteiger charge is 2.34. The van der Waals surface area contributed by atoms with Crippen LogP contribution in [0.4, 0.5) is 0 Å². The second-order valence-corrected chi connectivity index (χ2v) is 8.81. The van der Waals surface area contributed by atoms with E-state index in [1.807, 2.05) is 12.3 Å². The Kier molecular flexibility index (Phi) is 4.83. The molecular formula is C26H28N2O. The monoisotopic (exact) mass is 384 g/mol. The number of hydrogen-bond acceptors (Lipinski definition) is 2. The van der Waals surface area contributed by atoms with Gasteiger partial charge in [0.05, 0.1) is 5.52 Å². The van der Waals surface area contributed by atoms with Gasteiger partial charge in [0.25, 0.3) is 0 Å². The third kappa shape index (κ3) is 3.91. The zero-order valence-corrected chi connectivity index (χ0v) is 17.1. The number of piperidine rings is 1. The van der Waals surface area contributed by atoms with E-state index in [4.69, 9.17) is 0 Å². The maximum atomic E-state index is 12.2. The SMILES string of the molecule is Cc1cc2cccnc2cc1-c1ccc(CC2CCN(C(=O)C3CC3)CC2)cc1. The molecule has 0 unspecified atom stereocenters. The molecule has 0 spiro atoms. The standard InChI is InChI=1S/C26H28N2O/c1-18-15-23-3-2-12-27-25(23)17-24(18)21-6-4-19(5-7-21)16-20-10-13-28(14-11-20)26(29)22-8-9-22/h2-7,12,15,17,20,22H,8-11,13-14,16H2,1H3. The van der Waals surface area contributed by atoms with Gasteiger partial charge in [-0.25, -0.2) is 0 Å². The van der Waals surface area contributed by atoms with Crippen molar-refractivity contribution in [1.29, 1.82) is 0 Å². The molecule has 3 heteroatoms. The zero-order chi connectivity index (χ0) is 19.8. The van der Waals surface area contributed by atoms with Crippen molar-refractivity contribution in [1.82, 2.24) is 9.88 Å². The van der Waals surface area contributed by atoms with Crippen LogP contribution in [0.1, 0.15) is 36.8 Å². The zero-order valence-electron chi connectivity index (χ0n) is 17.1. The Morgan fingerprint density at radius 3 is 2.52 bits per heavy atom. The summed E-state index contributed by atoms with van der Waals surface area (Å²) in [5.41, 5.74) is 6.24. The highest BCUT2D eigenvalue weighted by molar-refractivity contribution is 5.86. The van der Waals surface area contributed by atoms with Gasteiger partial charge < -0.3 is 4.90 Å². The van der Waals surface area contributed by atoms with Crippen LogP contribution in [-0.2, 0) is 11.2 Å². The molecule has 0 atom stereocenters. The summed E-state index contributed by atoms with van der Waals surface area (Å²) in [5, 5.41) is 1.19. The van der Waals surface area contributed by atoms with Gasteiger partial charge in [-0.05, 0) is 85.4 Å². The van der Waals surface area contributed by atoms with Gasteiger partial charge in [0.1, 0.15) is 0 Å². The average molecular weight is 385 g/mol. The van der Waals surface area contributed by atoms with Gasteiger partial charge in [-0.15, -0.1) is 0 Å². The number of nitrogens with zero attached hydrogens (tertiary/aromatic N) is 2. The lowest BCUT2D eigenvalue weighted by atomic mass is 9.89. The molecule has 2 heterocycles. The molecule has 148 valence electrons. The Morgan fingerprint density at radius 2 is 1.79 bits per heavy atom. The molecule has 3 aromatic rings. The highest BCUT2D eigenvalue weighted by atomic mass is 16.2.